The van der Waals surface area contributed by atoms with E-state index >= 15 is 0 Å². The highest BCUT2D eigenvalue weighted by atomic mass is 35.5. The van der Waals surface area contributed by atoms with E-state index in [2.05, 4.69) is 55.7 Å². The lowest BCUT2D eigenvalue weighted by Crippen LogP contribution is -2.27. The van der Waals surface area contributed by atoms with Crippen molar-refractivity contribution in [3.05, 3.63) is 105 Å². The number of benzene rings is 3. The van der Waals surface area contributed by atoms with E-state index in [9.17, 15) is 4.79 Å². The van der Waals surface area contributed by atoms with Gasteiger partial charge in [-0.25, -0.2) is 0 Å². The Morgan fingerprint density at radius 1 is 0.824 bits per heavy atom. The van der Waals surface area contributed by atoms with E-state index in [0.29, 0.717) is 16.5 Å². The van der Waals surface area contributed by atoms with Crippen LogP contribution in [0.25, 0.3) is 0 Å². The number of rotatable bonds is 2. The Morgan fingerprint density at radius 3 is 2.18 bits per heavy atom. The molecular weight excluding hydrogens is 463 g/mol. The van der Waals surface area contributed by atoms with Crippen molar-refractivity contribution in [3.8, 4) is 0 Å². The third kappa shape index (κ3) is 4.35. The minimum atomic E-state index is -0.308. The Morgan fingerprint density at radius 2 is 1.50 bits per heavy atom. The Bertz CT molecular complexity index is 1290. The van der Waals surface area contributed by atoms with Gasteiger partial charge < -0.3 is 10.6 Å². The van der Waals surface area contributed by atoms with Crippen molar-refractivity contribution in [2.75, 3.05) is 10.6 Å². The van der Waals surface area contributed by atoms with Gasteiger partial charge in [0.15, 0.2) is 5.78 Å². The highest BCUT2D eigenvalue weighted by molar-refractivity contribution is 6.42. The van der Waals surface area contributed by atoms with Crippen molar-refractivity contribution in [2.45, 2.75) is 51.0 Å². The fourth-order valence-electron chi connectivity index (χ4n) is 4.93. The van der Waals surface area contributed by atoms with E-state index in [1.165, 1.54) is 11.1 Å². The number of carbonyl (C=O) groups excluding carboxylic acids is 1. The van der Waals surface area contributed by atoms with Crippen LogP contribution in [-0.2, 0) is 10.2 Å². The fourth-order valence-corrected chi connectivity index (χ4v) is 5.23. The van der Waals surface area contributed by atoms with Gasteiger partial charge in [-0.05, 0) is 58.7 Å². The molecule has 0 radical (unpaired) electrons. The molecular formula is C29H28Cl2N2O. The van der Waals surface area contributed by atoms with Crippen molar-refractivity contribution in [3.63, 3.8) is 0 Å². The molecule has 0 bridgehead atoms. The number of halogens is 2. The van der Waals surface area contributed by atoms with Gasteiger partial charge in [0.05, 0.1) is 27.5 Å². The number of allylic oxidation sites excluding steroid dienone is 1. The van der Waals surface area contributed by atoms with Gasteiger partial charge in [-0.2, -0.15) is 0 Å². The molecule has 3 aromatic rings. The van der Waals surface area contributed by atoms with Crippen LogP contribution in [0.4, 0.5) is 11.4 Å². The summed E-state index contributed by atoms with van der Waals surface area (Å²) >= 11 is 12.5. The number of carbonyl (C=O) groups is 1. The zero-order chi connectivity index (χ0) is 24.0. The average Bonchev–Trinajstić information content (AvgIpc) is 2.97. The minimum Gasteiger partial charge on any atom is -0.372 e. The first-order chi connectivity index (χ1) is 16.2. The second kappa shape index (κ2) is 8.79. The van der Waals surface area contributed by atoms with Crippen molar-refractivity contribution < 1.29 is 4.79 Å². The smallest absolute Gasteiger partial charge is 0.163 e. The number of hydrogen-bond donors (Lipinski definition) is 2. The largest absolute Gasteiger partial charge is 0.372 e. The first-order valence-corrected chi connectivity index (χ1v) is 12.4. The highest BCUT2D eigenvalue weighted by Crippen LogP contribution is 2.45. The van der Waals surface area contributed by atoms with Gasteiger partial charge in [0.1, 0.15) is 0 Å². The average molecular weight is 491 g/mol. The molecule has 0 aromatic heterocycles. The zero-order valence-electron chi connectivity index (χ0n) is 19.6. The van der Waals surface area contributed by atoms with Gasteiger partial charge in [-0.3, -0.25) is 4.79 Å². The van der Waals surface area contributed by atoms with Gasteiger partial charge in [0.2, 0.25) is 0 Å². The van der Waals surface area contributed by atoms with Crippen molar-refractivity contribution >= 4 is 40.4 Å². The number of Topliss-reactive ketones (excluding diaryl/α,β-unsaturated/α-hetero) is 1. The van der Waals surface area contributed by atoms with Crippen LogP contribution >= 0.6 is 23.2 Å². The second-order valence-electron chi connectivity index (χ2n) is 10.2. The van der Waals surface area contributed by atoms with Crippen LogP contribution in [0.2, 0.25) is 10.0 Å². The summed E-state index contributed by atoms with van der Waals surface area (Å²) in [5.41, 5.74) is 7.17. The number of fused-ring (bicyclic) bond motifs is 1. The lowest BCUT2D eigenvalue weighted by atomic mass is 9.77. The summed E-state index contributed by atoms with van der Waals surface area (Å²) in [5, 5.41) is 8.16. The minimum absolute atomic E-state index is 0.0991. The van der Waals surface area contributed by atoms with Crippen LogP contribution < -0.4 is 10.6 Å². The summed E-state index contributed by atoms with van der Waals surface area (Å²) in [6.45, 7) is 6.64. The van der Waals surface area contributed by atoms with Crippen LogP contribution in [0.15, 0.2) is 78.0 Å². The monoisotopic (exact) mass is 490 g/mol. The van der Waals surface area contributed by atoms with Gasteiger partial charge in [0.25, 0.3) is 0 Å². The molecule has 34 heavy (non-hydrogen) atoms. The molecule has 2 N–H and O–H groups in total. The molecule has 2 atom stereocenters. The molecule has 0 saturated carbocycles. The molecule has 0 spiro atoms. The lowest BCUT2D eigenvalue weighted by Gasteiger charge is -2.30. The normalized spacial score (nSPS) is 20.1. The van der Waals surface area contributed by atoms with Gasteiger partial charge in [-0.1, -0.05) is 86.4 Å². The fraction of sp³-hybridized carbons (Fsp3) is 0.276. The SMILES string of the molecule is CC(C)(C)c1ccc(C2CC(=O)C3=C(C2)Nc2ccccc2NC3c2ccc(Cl)c(Cl)c2)cc1. The van der Waals surface area contributed by atoms with Gasteiger partial charge >= 0.3 is 0 Å². The molecule has 3 nitrogen and oxygen atoms in total. The standard InChI is InChI=1S/C29H28Cl2N2O/c1-29(2,3)20-11-8-17(9-12-20)19-15-25-27(26(34)16-19)28(18-10-13-21(30)22(31)14-18)33-24-7-5-4-6-23(24)32-25/h4-14,19,28,32-33H,15-16H2,1-3H3. The third-order valence-electron chi connectivity index (χ3n) is 6.83. The number of anilines is 2. The Hall–Kier alpha value is -2.75. The topological polar surface area (TPSA) is 41.1 Å². The molecule has 3 aromatic carbocycles. The number of hydrogen-bond acceptors (Lipinski definition) is 3. The summed E-state index contributed by atoms with van der Waals surface area (Å²) in [4.78, 5) is 13.7. The molecule has 5 rings (SSSR count). The quantitative estimate of drug-likeness (QED) is 0.379. The Balaban J connectivity index is 1.56. The van der Waals surface area contributed by atoms with E-state index in [-0.39, 0.29) is 23.2 Å². The molecule has 0 saturated heterocycles. The van der Waals surface area contributed by atoms with Crippen molar-refractivity contribution in [1.82, 2.24) is 0 Å². The molecule has 174 valence electrons. The molecule has 0 fully saturated rings. The lowest BCUT2D eigenvalue weighted by molar-refractivity contribution is -0.116. The molecule has 1 heterocycles. The van der Waals surface area contributed by atoms with E-state index in [1.54, 1.807) is 6.07 Å². The van der Waals surface area contributed by atoms with Crippen LogP contribution in [-0.4, -0.2) is 5.78 Å². The maximum atomic E-state index is 13.7. The maximum absolute atomic E-state index is 13.7. The van der Waals surface area contributed by atoms with Crippen LogP contribution in [0.1, 0.15) is 62.3 Å². The number of ketones is 1. The zero-order valence-corrected chi connectivity index (χ0v) is 21.1. The van der Waals surface area contributed by atoms with Gasteiger partial charge in [0, 0.05) is 17.7 Å². The summed E-state index contributed by atoms with van der Waals surface area (Å²) in [6, 6.07) is 22.1. The number of para-hydroxylation sites is 2. The Labute approximate surface area is 211 Å². The molecule has 5 heteroatoms. The molecule has 2 unspecified atom stereocenters. The second-order valence-corrected chi connectivity index (χ2v) is 11.0. The van der Waals surface area contributed by atoms with E-state index in [0.717, 1.165) is 34.6 Å². The first-order valence-electron chi connectivity index (χ1n) is 11.6. The third-order valence-corrected chi connectivity index (χ3v) is 7.57. The summed E-state index contributed by atoms with van der Waals surface area (Å²) < 4.78 is 0. The predicted octanol–water partition coefficient (Wildman–Crippen LogP) is 8.27. The van der Waals surface area contributed by atoms with Crippen LogP contribution in [0.5, 0.6) is 0 Å². The molecule has 1 aliphatic carbocycles. The van der Waals surface area contributed by atoms with Crippen molar-refractivity contribution in [1.29, 1.82) is 0 Å². The molecule has 0 amide bonds. The van der Waals surface area contributed by atoms with Gasteiger partial charge in [-0.15, -0.1) is 0 Å². The molecule has 2 aliphatic rings. The summed E-state index contributed by atoms with van der Waals surface area (Å²) in [6.07, 6.45) is 1.25. The number of nitrogens with one attached hydrogen (secondary N) is 2. The van der Waals surface area contributed by atoms with Crippen LogP contribution in [0, 0.1) is 0 Å². The van der Waals surface area contributed by atoms with E-state index in [4.69, 9.17) is 23.2 Å². The predicted molar refractivity (Wildman–Crippen MR) is 142 cm³/mol. The van der Waals surface area contributed by atoms with Crippen molar-refractivity contribution in [2.24, 2.45) is 0 Å². The highest BCUT2D eigenvalue weighted by Gasteiger charge is 2.36. The summed E-state index contributed by atoms with van der Waals surface area (Å²) in [5.74, 6) is 0.280. The van der Waals surface area contributed by atoms with E-state index in [1.807, 2.05) is 36.4 Å². The summed E-state index contributed by atoms with van der Waals surface area (Å²) in [7, 11) is 0. The maximum Gasteiger partial charge on any atom is 0.163 e. The van der Waals surface area contributed by atoms with Crippen LogP contribution in [0.3, 0.4) is 0 Å². The Kier molecular flexibility index (Phi) is 5.95. The van der Waals surface area contributed by atoms with E-state index < -0.39 is 0 Å². The molecule has 1 aliphatic heterocycles. The first kappa shape index (κ1) is 23.0.